The summed E-state index contributed by atoms with van der Waals surface area (Å²) >= 11 is 0. The van der Waals surface area contributed by atoms with E-state index in [0.717, 1.165) is 38.6 Å². The summed E-state index contributed by atoms with van der Waals surface area (Å²) in [4.78, 5) is 26.2. The zero-order chi connectivity index (χ0) is 14.3. The van der Waals surface area contributed by atoms with Crippen molar-refractivity contribution in [2.75, 3.05) is 27.2 Å². The standard InChI is InChI=1S/C15H28N2O2/c1-4-14(18)12-8-5-6-9-13(12)15(19)16-10-7-11-17(2)3/h12-13H,4-11H2,1-3H3,(H,16,19)/t12-,13+/m1/s1. The van der Waals surface area contributed by atoms with Crippen LogP contribution in [0.15, 0.2) is 0 Å². The van der Waals surface area contributed by atoms with Crippen molar-refractivity contribution < 1.29 is 9.59 Å². The third-order valence-corrected chi connectivity index (χ3v) is 3.95. The van der Waals surface area contributed by atoms with Gasteiger partial charge in [0.2, 0.25) is 5.91 Å². The van der Waals surface area contributed by atoms with Crippen LogP contribution in [0.4, 0.5) is 0 Å². The van der Waals surface area contributed by atoms with Gasteiger partial charge in [-0.05, 0) is 39.9 Å². The Kier molecular flexibility index (Phi) is 7.06. The van der Waals surface area contributed by atoms with Crippen molar-refractivity contribution in [3.05, 3.63) is 0 Å². The van der Waals surface area contributed by atoms with Gasteiger partial charge in [0.1, 0.15) is 5.78 Å². The van der Waals surface area contributed by atoms with E-state index in [4.69, 9.17) is 0 Å². The molecule has 0 saturated heterocycles. The smallest absolute Gasteiger partial charge is 0.223 e. The first-order chi connectivity index (χ1) is 9.06. The number of carbonyl (C=O) groups excluding carboxylic acids is 2. The molecule has 0 spiro atoms. The summed E-state index contributed by atoms with van der Waals surface area (Å²) in [6.07, 6.45) is 5.43. The Morgan fingerprint density at radius 2 is 1.79 bits per heavy atom. The predicted molar refractivity (Wildman–Crippen MR) is 76.9 cm³/mol. The third kappa shape index (κ3) is 5.31. The molecule has 0 radical (unpaired) electrons. The Balaban J connectivity index is 2.41. The Bertz CT molecular complexity index is 303. The van der Waals surface area contributed by atoms with Gasteiger partial charge in [-0.25, -0.2) is 0 Å². The molecule has 2 atom stereocenters. The van der Waals surface area contributed by atoms with E-state index in [-0.39, 0.29) is 23.5 Å². The quantitative estimate of drug-likeness (QED) is 0.717. The van der Waals surface area contributed by atoms with Crippen LogP contribution in [0.25, 0.3) is 0 Å². The lowest BCUT2D eigenvalue weighted by atomic mass is 9.76. The molecule has 4 nitrogen and oxygen atoms in total. The minimum atomic E-state index is -0.0828. The summed E-state index contributed by atoms with van der Waals surface area (Å²) in [6.45, 7) is 3.58. The molecule has 1 N–H and O–H groups in total. The van der Waals surface area contributed by atoms with Crippen molar-refractivity contribution in [1.82, 2.24) is 10.2 Å². The van der Waals surface area contributed by atoms with E-state index < -0.39 is 0 Å². The molecule has 110 valence electrons. The normalized spacial score (nSPS) is 23.4. The fourth-order valence-corrected chi connectivity index (χ4v) is 2.83. The largest absolute Gasteiger partial charge is 0.356 e. The molecule has 1 saturated carbocycles. The monoisotopic (exact) mass is 268 g/mol. The van der Waals surface area contributed by atoms with E-state index in [1.54, 1.807) is 0 Å². The molecule has 19 heavy (non-hydrogen) atoms. The lowest BCUT2D eigenvalue weighted by Gasteiger charge is -2.29. The minimum Gasteiger partial charge on any atom is -0.356 e. The van der Waals surface area contributed by atoms with Crippen molar-refractivity contribution in [2.24, 2.45) is 11.8 Å². The summed E-state index contributed by atoms with van der Waals surface area (Å²) in [6, 6.07) is 0. The zero-order valence-electron chi connectivity index (χ0n) is 12.6. The summed E-state index contributed by atoms with van der Waals surface area (Å²) in [7, 11) is 4.05. The van der Waals surface area contributed by atoms with Crippen LogP contribution in [0.5, 0.6) is 0 Å². The van der Waals surface area contributed by atoms with E-state index >= 15 is 0 Å². The molecule has 1 aliphatic rings. The maximum absolute atomic E-state index is 12.2. The zero-order valence-corrected chi connectivity index (χ0v) is 12.6. The Morgan fingerprint density at radius 3 is 2.37 bits per heavy atom. The minimum absolute atomic E-state index is 0.0346. The Labute approximate surface area is 116 Å². The third-order valence-electron chi connectivity index (χ3n) is 3.95. The fourth-order valence-electron chi connectivity index (χ4n) is 2.83. The van der Waals surface area contributed by atoms with Crippen LogP contribution in [-0.2, 0) is 9.59 Å². The summed E-state index contributed by atoms with van der Waals surface area (Å²) in [5.41, 5.74) is 0. The van der Waals surface area contributed by atoms with Gasteiger partial charge in [0, 0.05) is 24.8 Å². The predicted octanol–water partition coefficient (Wildman–Crippen LogP) is 1.84. The second-order valence-electron chi connectivity index (χ2n) is 5.77. The van der Waals surface area contributed by atoms with Crippen molar-refractivity contribution in [1.29, 1.82) is 0 Å². The molecule has 4 heteroatoms. The van der Waals surface area contributed by atoms with E-state index in [9.17, 15) is 9.59 Å². The molecule has 1 amide bonds. The van der Waals surface area contributed by atoms with Gasteiger partial charge in [0.15, 0.2) is 0 Å². The number of carbonyl (C=O) groups is 2. The molecular weight excluding hydrogens is 240 g/mol. The van der Waals surface area contributed by atoms with Crippen LogP contribution in [0.3, 0.4) is 0 Å². The molecule has 0 heterocycles. The van der Waals surface area contributed by atoms with Gasteiger partial charge >= 0.3 is 0 Å². The number of ketones is 1. The number of Topliss-reactive ketones (excluding diaryl/α,β-unsaturated/α-hetero) is 1. The molecule has 0 aliphatic heterocycles. The van der Waals surface area contributed by atoms with Crippen LogP contribution < -0.4 is 5.32 Å². The molecule has 0 aromatic heterocycles. The number of nitrogens with one attached hydrogen (secondary N) is 1. The van der Waals surface area contributed by atoms with E-state index in [2.05, 4.69) is 10.2 Å². The van der Waals surface area contributed by atoms with Crippen molar-refractivity contribution >= 4 is 11.7 Å². The second kappa shape index (κ2) is 8.31. The molecule has 1 fully saturated rings. The average Bonchev–Trinajstić information content (AvgIpc) is 2.42. The molecule has 0 aromatic rings. The summed E-state index contributed by atoms with van der Waals surface area (Å²) in [5, 5.41) is 3.00. The average molecular weight is 268 g/mol. The highest BCUT2D eigenvalue weighted by Gasteiger charge is 2.34. The number of nitrogens with zero attached hydrogens (tertiary/aromatic N) is 1. The summed E-state index contributed by atoms with van der Waals surface area (Å²) < 4.78 is 0. The van der Waals surface area contributed by atoms with Gasteiger partial charge < -0.3 is 10.2 Å². The molecule has 0 unspecified atom stereocenters. The van der Waals surface area contributed by atoms with Gasteiger partial charge in [0.05, 0.1) is 0 Å². The number of hydrogen-bond donors (Lipinski definition) is 1. The SMILES string of the molecule is CCC(=O)[C@@H]1CCCC[C@@H]1C(=O)NCCCN(C)C. The highest BCUT2D eigenvalue weighted by atomic mass is 16.2. The van der Waals surface area contributed by atoms with Crippen LogP contribution in [0, 0.1) is 11.8 Å². The van der Waals surface area contributed by atoms with E-state index in [1.807, 2.05) is 21.0 Å². The van der Waals surface area contributed by atoms with Gasteiger partial charge in [0.25, 0.3) is 0 Å². The van der Waals surface area contributed by atoms with E-state index in [1.165, 1.54) is 0 Å². The lowest BCUT2D eigenvalue weighted by molar-refractivity contribution is -0.135. The number of amides is 1. The molecule has 0 aromatic carbocycles. The molecule has 0 bridgehead atoms. The van der Waals surface area contributed by atoms with Gasteiger partial charge in [-0.3, -0.25) is 9.59 Å². The van der Waals surface area contributed by atoms with E-state index in [0.29, 0.717) is 13.0 Å². The maximum atomic E-state index is 12.2. The van der Waals surface area contributed by atoms with Gasteiger partial charge in [-0.2, -0.15) is 0 Å². The molecule has 1 aliphatic carbocycles. The van der Waals surface area contributed by atoms with Crippen molar-refractivity contribution in [3.8, 4) is 0 Å². The van der Waals surface area contributed by atoms with Crippen LogP contribution >= 0.6 is 0 Å². The van der Waals surface area contributed by atoms with Crippen LogP contribution in [0.2, 0.25) is 0 Å². The lowest BCUT2D eigenvalue weighted by Crippen LogP contribution is -2.40. The number of hydrogen-bond acceptors (Lipinski definition) is 3. The highest BCUT2D eigenvalue weighted by molar-refractivity contribution is 5.88. The summed E-state index contributed by atoms with van der Waals surface area (Å²) in [5.74, 6) is 0.228. The Morgan fingerprint density at radius 1 is 1.16 bits per heavy atom. The first-order valence-electron chi connectivity index (χ1n) is 7.51. The Hall–Kier alpha value is -0.900. The topological polar surface area (TPSA) is 49.4 Å². The second-order valence-corrected chi connectivity index (χ2v) is 5.77. The maximum Gasteiger partial charge on any atom is 0.223 e. The molecule has 1 rings (SSSR count). The van der Waals surface area contributed by atoms with Gasteiger partial charge in [-0.15, -0.1) is 0 Å². The first-order valence-corrected chi connectivity index (χ1v) is 7.51. The van der Waals surface area contributed by atoms with Crippen molar-refractivity contribution in [2.45, 2.75) is 45.4 Å². The van der Waals surface area contributed by atoms with Crippen LogP contribution in [-0.4, -0.2) is 43.8 Å². The molecular formula is C15H28N2O2. The first kappa shape index (κ1) is 16.2. The van der Waals surface area contributed by atoms with Crippen molar-refractivity contribution in [3.63, 3.8) is 0 Å². The van der Waals surface area contributed by atoms with Crippen LogP contribution in [0.1, 0.15) is 45.4 Å². The number of rotatable bonds is 7. The highest BCUT2D eigenvalue weighted by Crippen LogP contribution is 2.31. The fraction of sp³-hybridized carbons (Fsp3) is 0.867. The van der Waals surface area contributed by atoms with Gasteiger partial charge in [-0.1, -0.05) is 19.8 Å².